The SMILES string of the molecule is C[C@@H]1OC(=O)C(C)(C)[C@H]1C. The number of carbonyl (C=O) groups is 1. The number of ether oxygens (including phenoxy) is 1. The molecule has 2 atom stereocenters. The van der Waals surface area contributed by atoms with Crippen molar-refractivity contribution >= 4 is 5.97 Å². The summed E-state index contributed by atoms with van der Waals surface area (Å²) in [6.45, 7) is 7.86. The van der Waals surface area contributed by atoms with Gasteiger partial charge in [0, 0.05) is 5.92 Å². The van der Waals surface area contributed by atoms with Gasteiger partial charge in [-0.3, -0.25) is 4.79 Å². The number of esters is 1. The number of carbonyl (C=O) groups excluding carboxylic acids is 1. The van der Waals surface area contributed by atoms with E-state index in [1.165, 1.54) is 0 Å². The minimum absolute atomic E-state index is 0.0625. The molecule has 0 bridgehead atoms. The summed E-state index contributed by atoms with van der Waals surface area (Å²) in [6, 6.07) is 0. The van der Waals surface area contributed by atoms with Crippen LogP contribution >= 0.6 is 0 Å². The number of hydrogen-bond donors (Lipinski definition) is 0. The largest absolute Gasteiger partial charge is 0.462 e. The lowest BCUT2D eigenvalue weighted by atomic mass is 9.80. The standard InChI is InChI=1S/C8H14O2/c1-5-6(2)10-7(9)8(5,3)4/h5-6H,1-4H3/t5-,6-/m0/s1. The molecule has 2 heteroatoms. The van der Waals surface area contributed by atoms with Crippen molar-refractivity contribution in [2.75, 3.05) is 0 Å². The molecule has 0 radical (unpaired) electrons. The summed E-state index contributed by atoms with van der Waals surface area (Å²) in [5.74, 6) is 0.271. The molecule has 2 nitrogen and oxygen atoms in total. The van der Waals surface area contributed by atoms with Gasteiger partial charge in [0.2, 0.25) is 0 Å². The van der Waals surface area contributed by atoms with E-state index in [-0.39, 0.29) is 17.5 Å². The minimum Gasteiger partial charge on any atom is -0.462 e. The zero-order valence-corrected chi connectivity index (χ0v) is 6.97. The van der Waals surface area contributed by atoms with Gasteiger partial charge in [0.05, 0.1) is 5.41 Å². The molecular weight excluding hydrogens is 128 g/mol. The molecule has 0 aromatic carbocycles. The maximum absolute atomic E-state index is 11.1. The smallest absolute Gasteiger partial charge is 0.312 e. The number of hydrogen-bond acceptors (Lipinski definition) is 2. The molecule has 10 heavy (non-hydrogen) atoms. The fourth-order valence-electron chi connectivity index (χ4n) is 1.20. The van der Waals surface area contributed by atoms with Crippen molar-refractivity contribution in [3.63, 3.8) is 0 Å². The van der Waals surface area contributed by atoms with Gasteiger partial charge in [0.1, 0.15) is 6.10 Å². The Morgan fingerprint density at radius 3 is 2.00 bits per heavy atom. The van der Waals surface area contributed by atoms with Gasteiger partial charge in [0.15, 0.2) is 0 Å². The average molecular weight is 142 g/mol. The highest BCUT2D eigenvalue weighted by molar-refractivity contribution is 5.78. The second-order valence-corrected chi connectivity index (χ2v) is 3.62. The van der Waals surface area contributed by atoms with Crippen molar-refractivity contribution < 1.29 is 9.53 Å². The third-order valence-corrected chi connectivity index (χ3v) is 2.66. The topological polar surface area (TPSA) is 26.3 Å². The molecule has 0 aromatic heterocycles. The summed E-state index contributed by atoms with van der Waals surface area (Å²) in [5, 5.41) is 0. The second-order valence-electron chi connectivity index (χ2n) is 3.62. The van der Waals surface area contributed by atoms with Gasteiger partial charge in [-0.1, -0.05) is 6.92 Å². The molecule has 0 aliphatic carbocycles. The first kappa shape index (κ1) is 7.58. The maximum Gasteiger partial charge on any atom is 0.312 e. The van der Waals surface area contributed by atoms with Crippen LogP contribution in [0.1, 0.15) is 27.7 Å². The summed E-state index contributed by atoms with van der Waals surface area (Å²) in [7, 11) is 0. The van der Waals surface area contributed by atoms with E-state index in [4.69, 9.17) is 4.74 Å². The Balaban J connectivity index is 2.85. The first-order chi connectivity index (χ1) is 4.46. The van der Waals surface area contributed by atoms with Gasteiger partial charge in [-0.05, 0) is 20.8 Å². The van der Waals surface area contributed by atoms with Gasteiger partial charge in [-0.15, -0.1) is 0 Å². The highest BCUT2D eigenvalue weighted by atomic mass is 16.6. The van der Waals surface area contributed by atoms with E-state index in [0.717, 1.165) is 0 Å². The molecule has 0 amide bonds. The normalized spacial score (nSPS) is 37.8. The Labute approximate surface area is 61.6 Å². The predicted octanol–water partition coefficient (Wildman–Crippen LogP) is 1.59. The van der Waals surface area contributed by atoms with Crippen LogP contribution in [0.4, 0.5) is 0 Å². The molecule has 58 valence electrons. The molecule has 0 aromatic rings. The van der Waals surface area contributed by atoms with Crippen LogP contribution in [-0.2, 0) is 9.53 Å². The van der Waals surface area contributed by atoms with Crippen LogP contribution in [0.15, 0.2) is 0 Å². The molecule has 0 unspecified atom stereocenters. The van der Waals surface area contributed by atoms with Crippen molar-refractivity contribution in [1.82, 2.24) is 0 Å². The number of cyclic esters (lactones) is 1. The molecule has 0 saturated carbocycles. The minimum atomic E-state index is -0.278. The van der Waals surface area contributed by atoms with Crippen LogP contribution in [0.5, 0.6) is 0 Å². The van der Waals surface area contributed by atoms with E-state index in [2.05, 4.69) is 6.92 Å². The average Bonchev–Trinajstić information content (AvgIpc) is 1.97. The van der Waals surface area contributed by atoms with E-state index >= 15 is 0 Å². The van der Waals surface area contributed by atoms with Crippen molar-refractivity contribution in [3.8, 4) is 0 Å². The Kier molecular flexibility index (Phi) is 1.50. The van der Waals surface area contributed by atoms with Crippen molar-refractivity contribution in [2.24, 2.45) is 11.3 Å². The Morgan fingerprint density at radius 1 is 1.40 bits per heavy atom. The lowest BCUT2D eigenvalue weighted by Gasteiger charge is -2.18. The second kappa shape index (κ2) is 1.97. The fraction of sp³-hybridized carbons (Fsp3) is 0.875. The van der Waals surface area contributed by atoms with Crippen LogP contribution in [0, 0.1) is 11.3 Å². The van der Waals surface area contributed by atoms with Gasteiger partial charge < -0.3 is 4.74 Å². The molecule has 0 spiro atoms. The van der Waals surface area contributed by atoms with E-state index in [9.17, 15) is 4.79 Å². The van der Waals surface area contributed by atoms with Gasteiger partial charge in [0.25, 0.3) is 0 Å². The van der Waals surface area contributed by atoms with Crippen LogP contribution in [0.25, 0.3) is 0 Å². The Bertz CT molecular complexity index is 161. The summed E-state index contributed by atoms with van der Waals surface area (Å²) in [5.41, 5.74) is -0.278. The van der Waals surface area contributed by atoms with Crippen LogP contribution in [0.2, 0.25) is 0 Å². The third kappa shape index (κ3) is 0.825. The summed E-state index contributed by atoms with van der Waals surface area (Å²) in [6.07, 6.45) is 0.0856. The highest BCUT2D eigenvalue weighted by Gasteiger charge is 2.46. The monoisotopic (exact) mass is 142 g/mol. The van der Waals surface area contributed by atoms with Gasteiger partial charge in [-0.2, -0.15) is 0 Å². The molecule has 1 fully saturated rings. The van der Waals surface area contributed by atoms with Crippen LogP contribution in [-0.4, -0.2) is 12.1 Å². The molecule has 0 N–H and O–H groups in total. The van der Waals surface area contributed by atoms with Crippen LogP contribution in [0.3, 0.4) is 0 Å². The fourth-order valence-corrected chi connectivity index (χ4v) is 1.20. The molecule has 1 aliphatic rings. The summed E-state index contributed by atoms with van der Waals surface area (Å²) < 4.78 is 5.05. The Hall–Kier alpha value is -0.530. The van der Waals surface area contributed by atoms with E-state index in [0.29, 0.717) is 5.92 Å². The molecule has 1 rings (SSSR count). The zero-order valence-electron chi connectivity index (χ0n) is 6.97. The molecule has 1 saturated heterocycles. The maximum atomic E-state index is 11.1. The molecule has 1 heterocycles. The third-order valence-electron chi connectivity index (χ3n) is 2.66. The summed E-state index contributed by atoms with van der Waals surface area (Å²) in [4.78, 5) is 11.1. The lowest BCUT2D eigenvalue weighted by Crippen LogP contribution is -2.25. The van der Waals surface area contributed by atoms with E-state index in [1.54, 1.807) is 0 Å². The van der Waals surface area contributed by atoms with E-state index in [1.807, 2.05) is 20.8 Å². The molecular formula is C8H14O2. The van der Waals surface area contributed by atoms with Gasteiger partial charge >= 0.3 is 5.97 Å². The van der Waals surface area contributed by atoms with E-state index < -0.39 is 0 Å². The first-order valence-corrected chi connectivity index (χ1v) is 3.67. The first-order valence-electron chi connectivity index (χ1n) is 3.67. The highest BCUT2D eigenvalue weighted by Crippen LogP contribution is 2.38. The Morgan fingerprint density at radius 2 is 1.90 bits per heavy atom. The number of rotatable bonds is 0. The molecule has 1 aliphatic heterocycles. The zero-order chi connectivity index (χ0) is 7.94. The van der Waals surface area contributed by atoms with Crippen molar-refractivity contribution in [3.05, 3.63) is 0 Å². The van der Waals surface area contributed by atoms with Crippen molar-refractivity contribution in [1.29, 1.82) is 0 Å². The lowest BCUT2D eigenvalue weighted by molar-refractivity contribution is -0.147. The van der Waals surface area contributed by atoms with Gasteiger partial charge in [-0.25, -0.2) is 0 Å². The van der Waals surface area contributed by atoms with Crippen LogP contribution < -0.4 is 0 Å². The van der Waals surface area contributed by atoms with Crippen molar-refractivity contribution in [2.45, 2.75) is 33.8 Å². The quantitative estimate of drug-likeness (QED) is 0.480. The predicted molar refractivity (Wildman–Crippen MR) is 38.5 cm³/mol. The summed E-state index contributed by atoms with van der Waals surface area (Å²) >= 11 is 0.